The Kier molecular flexibility index (Phi) is 16.0. The predicted molar refractivity (Wildman–Crippen MR) is 237 cm³/mol. The molecule has 0 spiro atoms. The number of hydrogen-bond acceptors (Lipinski definition) is 11. The lowest BCUT2D eigenvalue weighted by Gasteiger charge is -2.50. The fraction of sp³-hybridized carbons (Fsp3) is 0.511. The average molecular weight is 856 g/mol. The minimum atomic E-state index is -1.68. The molecule has 6 rings (SSSR count). The van der Waals surface area contributed by atoms with E-state index in [-0.39, 0.29) is 44.4 Å². The van der Waals surface area contributed by atoms with Gasteiger partial charge >= 0.3 is 5.69 Å². The molecule has 1 saturated carbocycles. The van der Waals surface area contributed by atoms with E-state index in [1.165, 1.54) is 11.0 Å². The second kappa shape index (κ2) is 21.1. The van der Waals surface area contributed by atoms with Crippen LogP contribution in [0.1, 0.15) is 94.7 Å². The second-order valence-electron chi connectivity index (χ2n) is 16.6. The molecule has 1 aromatic heterocycles. The van der Waals surface area contributed by atoms with Gasteiger partial charge in [0.2, 0.25) is 0 Å². The summed E-state index contributed by atoms with van der Waals surface area (Å²) in [6.45, 7) is 11.2. The fourth-order valence-corrected chi connectivity index (χ4v) is 10.4. The number of hydrogen-bond donors (Lipinski definition) is 1. The highest BCUT2D eigenvalue weighted by Gasteiger charge is 2.49. The first-order valence-electron chi connectivity index (χ1n) is 21.4. The van der Waals surface area contributed by atoms with E-state index in [1.54, 1.807) is 27.3 Å². The van der Waals surface area contributed by atoms with Crippen molar-refractivity contribution in [2.45, 2.75) is 109 Å². The summed E-state index contributed by atoms with van der Waals surface area (Å²) in [4.78, 5) is 31.3. The van der Waals surface area contributed by atoms with Gasteiger partial charge in [-0.1, -0.05) is 73.9 Å². The predicted octanol–water partition coefficient (Wildman–Crippen LogP) is 8.07. The molecular formula is C47H62N5O8P. The maximum atomic E-state index is 13.7. The number of methoxy groups -OCH3 is 2. The van der Waals surface area contributed by atoms with Gasteiger partial charge in [-0.25, -0.2) is 9.46 Å². The maximum Gasteiger partial charge on any atom is 0.330 e. The molecule has 1 aliphatic heterocycles. The Morgan fingerprint density at radius 1 is 0.869 bits per heavy atom. The number of H-pyrrole nitrogens is 1. The Bertz CT molecular complexity index is 2100. The Labute approximate surface area is 361 Å². The molecule has 4 aromatic rings. The number of aromatic amines is 1. The number of nitriles is 1. The van der Waals surface area contributed by atoms with Crippen molar-refractivity contribution in [3.63, 3.8) is 0 Å². The van der Waals surface area contributed by atoms with Gasteiger partial charge in [-0.2, -0.15) is 5.26 Å². The van der Waals surface area contributed by atoms with Gasteiger partial charge < -0.3 is 28.0 Å². The van der Waals surface area contributed by atoms with Crippen molar-refractivity contribution in [3.8, 4) is 17.6 Å². The molecule has 1 aliphatic carbocycles. The van der Waals surface area contributed by atoms with E-state index in [0.717, 1.165) is 42.4 Å². The lowest BCUT2D eigenvalue weighted by atomic mass is 9.79. The highest BCUT2D eigenvalue weighted by Crippen LogP contribution is 2.49. The molecule has 1 N–H and O–H groups in total. The van der Waals surface area contributed by atoms with Crippen LogP contribution < -0.4 is 20.7 Å². The normalized spacial score (nSPS) is 19.6. The summed E-state index contributed by atoms with van der Waals surface area (Å²) in [5, 5.41) is 9.46. The molecule has 3 atom stereocenters. The highest BCUT2D eigenvalue weighted by atomic mass is 31.2. The number of morpholine rings is 1. The zero-order chi connectivity index (χ0) is 43.6. The lowest BCUT2D eigenvalue weighted by Crippen LogP contribution is -2.62. The molecule has 0 amide bonds. The topological polar surface area (TPSA) is 141 Å². The van der Waals surface area contributed by atoms with E-state index in [9.17, 15) is 14.9 Å². The molecule has 3 aromatic carbocycles. The van der Waals surface area contributed by atoms with Crippen molar-refractivity contribution < 1.29 is 28.0 Å². The Balaban J connectivity index is 1.53. The molecule has 13 nitrogen and oxygen atoms in total. The van der Waals surface area contributed by atoms with E-state index < -0.39 is 37.2 Å². The summed E-state index contributed by atoms with van der Waals surface area (Å²) in [7, 11) is 1.61. The monoisotopic (exact) mass is 855 g/mol. The molecular weight excluding hydrogens is 794 g/mol. The summed E-state index contributed by atoms with van der Waals surface area (Å²) in [6.07, 6.45) is 6.40. The molecule has 1 unspecified atom stereocenters. The van der Waals surface area contributed by atoms with Crippen LogP contribution in [-0.4, -0.2) is 90.0 Å². The van der Waals surface area contributed by atoms with Gasteiger partial charge in [0, 0.05) is 43.0 Å². The first-order chi connectivity index (χ1) is 29.4. The Hall–Kier alpha value is -4.38. The first-order valence-corrected chi connectivity index (χ1v) is 22.5. The number of nitrogens with zero attached hydrogens (tertiary/aromatic N) is 4. The molecule has 0 bridgehead atoms. The summed E-state index contributed by atoms with van der Waals surface area (Å²) < 4.78 is 43.2. The van der Waals surface area contributed by atoms with Crippen molar-refractivity contribution in [2.75, 3.05) is 47.1 Å². The van der Waals surface area contributed by atoms with Gasteiger partial charge in [-0.3, -0.25) is 19.2 Å². The van der Waals surface area contributed by atoms with Gasteiger partial charge in [0.25, 0.3) is 14.1 Å². The third kappa shape index (κ3) is 10.8. The summed E-state index contributed by atoms with van der Waals surface area (Å²) >= 11 is 0. The first kappa shape index (κ1) is 46.1. The summed E-state index contributed by atoms with van der Waals surface area (Å²) in [5.41, 5.74) is -0.356. The zero-order valence-electron chi connectivity index (χ0n) is 36.7. The van der Waals surface area contributed by atoms with Crippen LogP contribution in [0.2, 0.25) is 0 Å². The van der Waals surface area contributed by atoms with Crippen LogP contribution in [0.15, 0.2) is 94.6 Å². The Morgan fingerprint density at radius 2 is 1.46 bits per heavy atom. The number of benzene rings is 3. The van der Waals surface area contributed by atoms with E-state index in [0.29, 0.717) is 30.2 Å². The van der Waals surface area contributed by atoms with Crippen LogP contribution in [0.4, 0.5) is 0 Å². The van der Waals surface area contributed by atoms with Crippen molar-refractivity contribution in [2.24, 2.45) is 0 Å². The van der Waals surface area contributed by atoms with Gasteiger partial charge in [0.1, 0.15) is 22.7 Å². The molecule has 2 fully saturated rings. The van der Waals surface area contributed by atoms with Gasteiger partial charge in [0.15, 0.2) is 6.23 Å². The van der Waals surface area contributed by atoms with E-state index in [1.807, 2.05) is 66.7 Å². The Morgan fingerprint density at radius 3 is 2.02 bits per heavy atom. The van der Waals surface area contributed by atoms with Crippen LogP contribution in [0.5, 0.6) is 11.5 Å². The fourth-order valence-electron chi connectivity index (χ4n) is 8.67. The number of nitrogens with one attached hydrogen (secondary N) is 1. The van der Waals surface area contributed by atoms with Crippen LogP contribution in [-0.2, 0) is 24.1 Å². The SMILES string of the molecule is COc1ccc(C(OC[C@@]2(COP(OCCC#N)N(C(C)C)C(C)C)CN(C3CCCCC3)C[C@H](n3cc(C)c(=O)[nH]c3=O)O2)(c2ccccc2)c2ccc(OC)cc2)cc1. The van der Waals surface area contributed by atoms with Crippen LogP contribution in [0.3, 0.4) is 0 Å². The number of aryl methyl sites for hydroxylation is 1. The van der Waals surface area contributed by atoms with Gasteiger partial charge in [-0.05, 0) is 88.4 Å². The summed E-state index contributed by atoms with van der Waals surface area (Å²) in [6, 6.07) is 28.5. The molecule has 2 heterocycles. The van der Waals surface area contributed by atoms with Crippen molar-refractivity contribution >= 4 is 8.53 Å². The standard InChI is InChI=1S/C47H62N5O8P/c1-34(2)52(35(3)4)61(58-28-14-27-48)59-33-46(31-50(40-17-12-9-13-18-40)30-43(60-46)51-29-36(5)44(53)49-45(51)54)32-57-47(37-15-10-8-11-16-37,38-19-23-41(55-6)24-20-38)39-21-25-42(56-7)26-22-39/h8,10-11,15-16,19-26,29,34-35,40,43H,9,12-14,17-18,28,30-33H2,1-7H3,(H,49,53,54)/t43-,46-,61?/m1/s1. The summed E-state index contributed by atoms with van der Waals surface area (Å²) in [5.74, 6) is 1.41. The second-order valence-corrected chi connectivity index (χ2v) is 18.0. The van der Waals surface area contributed by atoms with Crippen molar-refractivity contribution in [1.82, 2.24) is 19.1 Å². The van der Waals surface area contributed by atoms with E-state index in [2.05, 4.69) is 60.5 Å². The highest BCUT2D eigenvalue weighted by molar-refractivity contribution is 7.44. The van der Waals surface area contributed by atoms with Crippen LogP contribution in [0, 0.1) is 18.3 Å². The molecule has 61 heavy (non-hydrogen) atoms. The maximum absolute atomic E-state index is 13.7. The number of rotatable bonds is 19. The zero-order valence-corrected chi connectivity index (χ0v) is 37.6. The molecule has 328 valence electrons. The van der Waals surface area contributed by atoms with Crippen molar-refractivity contribution in [3.05, 3.63) is 128 Å². The third-order valence-corrected chi connectivity index (χ3v) is 13.7. The average Bonchev–Trinajstić information content (AvgIpc) is 3.27. The van der Waals surface area contributed by atoms with Gasteiger partial charge in [-0.15, -0.1) is 0 Å². The number of ether oxygens (including phenoxy) is 4. The molecule has 2 aliphatic rings. The minimum Gasteiger partial charge on any atom is -0.497 e. The van der Waals surface area contributed by atoms with Crippen LogP contribution >= 0.6 is 8.53 Å². The van der Waals surface area contributed by atoms with Gasteiger partial charge in [0.05, 0.1) is 46.5 Å². The van der Waals surface area contributed by atoms with Crippen LogP contribution in [0.25, 0.3) is 0 Å². The number of aromatic nitrogens is 2. The van der Waals surface area contributed by atoms with E-state index in [4.69, 9.17) is 28.0 Å². The van der Waals surface area contributed by atoms with E-state index >= 15 is 0 Å². The molecule has 1 saturated heterocycles. The molecule has 0 radical (unpaired) electrons. The smallest absolute Gasteiger partial charge is 0.330 e. The largest absolute Gasteiger partial charge is 0.497 e. The molecule has 14 heteroatoms. The minimum absolute atomic E-state index is 0.0154. The lowest BCUT2D eigenvalue weighted by molar-refractivity contribution is -0.234. The quantitative estimate of drug-likeness (QED) is 0.0557. The van der Waals surface area contributed by atoms with Crippen molar-refractivity contribution in [1.29, 1.82) is 5.26 Å². The third-order valence-electron chi connectivity index (χ3n) is 11.6.